The Hall–Kier alpha value is -3.59. The highest BCUT2D eigenvalue weighted by Gasteiger charge is 2.13. The molecule has 172 valence electrons. The van der Waals surface area contributed by atoms with Gasteiger partial charge in [-0.15, -0.1) is 0 Å². The fourth-order valence-electron chi connectivity index (χ4n) is 3.88. The number of fused-ring (bicyclic) bond motifs is 3. The standard InChI is InChI=1S/C24H26N4O4S/c1-31-16-10-11-18-17(13-16)21-22(26-18)23(30)28(24(33)27-21)12-6-5-9-20(29)25-14-15-7-3-4-8-19(15)32-2/h3-4,7-8,10-11,13,26H,5-6,9,12,14H2,1-2H3,(H,25,29)(H,27,33). The summed E-state index contributed by atoms with van der Waals surface area (Å²) in [7, 11) is 3.21. The molecule has 0 spiro atoms. The van der Waals surface area contributed by atoms with Crippen LogP contribution in [0.1, 0.15) is 24.8 Å². The molecule has 0 atom stereocenters. The van der Waals surface area contributed by atoms with Gasteiger partial charge in [0.25, 0.3) is 5.56 Å². The first kappa shape index (κ1) is 22.6. The van der Waals surface area contributed by atoms with Crippen LogP contribution in [0.2, 0.25) is 0 Å². The van der Waals surface area contributed by atoms with Gasteiger partial charge in [-0.05, 0) is 49.3 Å². The number of hydrogen-bond acceptors (Lipinski definition) is 5. The van der Waals surface area contributed by atoms with Crippen LogP contribution in [0.15, 0.2) is 47.3 Å². The molecular weight excluding hydrogens is 440 g/mol. The third-order valence-electron chi connectivity index (χ3n) is 5.65. The summed E-state index contributed by atoms with van der Waals surface area (Å²) >= 11 is 5.45. The summed E-state index contributed by atoms with van der Waals surface area (Å²) in [5, 5.41) is 3.77. The smallest absolute Gasteiger partial charge is 0.278 e. The first-order valence-corrected chi connectivity index (χ1v) is 11.1. The van der Waals surface area contributed by atoms with E-state index in [2.05, 4.69) is 15.3 Å². The normalized spacial score (nSPS) is 11.1. The fourth-order valence-corrected chi connectivity index (χ4v) is 4.16. The zero-order valence-electron chi connectivity index (χ0n) is 18.6. The second-order valence-electron chi connectivity index (χ2n) is 7.72. The quantitative estimate of drug-likeness (QED) is 0.255. The second-order valence-corrected chi connectivity index (χ2v) is 8.11. The lowest BCUT2D eigenvalue weighted by Crippen LogP contribution is -2.24. The van der Waals surface area contributed by atoms with Gasteiger partial charge in [0.2, 0.25) is 5.91 Å². The molecule has 2 aromatic heterocycles. The molecule has 2 heterocycles. The average molecular weight is 467 g/mol. The molecule has 0 saturated heterocycles. The summed E-state index contributed by atoms with van der Waals surface area (Å²) in [5.74, 6) is 1.41. The topological polar surface area (TPSA) is 101 Å². The number of amides is 1. The van der Waals surface area contributed by atoms with E-state index >= 15 is 0 Å². The minimum absolute atomic E-state index is 0.0431. The average Bonchev–Trinajstić information content (AvgIpc) is 3.20. The van der Waals surface area contributed by atoms with Gasteiger partial charge in [-0.2, -0.15) is 0 Å². The maximum Gasteiger partial charge on any atom is 0.278 e. The highest BCUT2D eigenvalue weighted by Crippen LogP contribution is 2.26. The molecule has 0 aliphatic heterocycles. The van der Waals surface area contributed by atoms with Gasteiger partial charge in [-0.3, -0.25) is 14.2 Å². The first-order chi connectivity index (χ1) is 16.0. The molecule has 4 aromatic rings. The maximum atomic E-state index is 13.0. The molecule has 2 aromatic carbocycles. The molecule has 0 unspecified atom stereocenters. The fraction of sp³-hybridized carbons (Fsp3) is 0.292. The molecular formula is C24H26N4O4S. The number of aromatic nitrogens is 3. The van der Waals surface area contributed by atoms with Crippen molar-refractivity contribution in [3.8, 4) is 11.5 Å². The number of nitrogens with one attached hydrogen (secondary N) is 3. The summed E-state index contributed by atoms with van der Waals surface area (Å²) in [4.78, 5) is 31.6. The van der Waals surface area contributed by atoms with Gasteiger partial charge in [0, 0.05) is 36.0 Å². The predicted octanol–water partition coefficient (Wildman–Crippen LogP) is 4.04. The minimum atomic E-state index is -0.176. The highest BCUT2D eigenvalue weighted by molar-refractivity contribution is 7.71. The molecule has 0 fully saturated rings. The Morgan fingerprint density at radius 3 is 2.67 bits per heavy atom. The summed E-state index contributed by atoms with van der Waals surface area (Å²) in [6.07, 6.45) is 1.66. The van der Waals surface area contributed by atoms with E-state index in [-0.39, 0.29) is 11.5 Å². The number of ether oxygens (including phenoxy) is 2. The van der Waals surface area contributed by atoms with E-state index in [1.165, 1.54) is 4.57 Å². The summed E-state index contributed by atoms with van der Waals surface area (Å²) in [5.41, 5.74) is 2.73. The number of aromatic amines is 2. The highest BCUT2D eigenvalue weighted by atomic mass is 32.1. The van der Waals surface area contributed by atoms with Gasteiger partial charge >= 0.3 is 0 Å². The molecule has 0 aliphatic carbocycles. The van der Waals surface area contributed by atoms with Crippen LogP contribution >= 0.6 is 12.2 Å². The van der Waals surface area contributed by atoms with Crippen LogP contribution in [0.3, 0.4) is 0 Å². The van der Waals surface area contributed by atoms with E-state index in [1.54, 1.807) is 14.2 Å². The zero-order chi connectivity index (χ0) is 23.4. The van der Waals surface area contributed by atoms with Crippen molar-refractivity contribution in [2.24, 2.45) is 0 Å². The molecule has 8 nitrogen and oxygen atoms in total. The Balaban J connectivity index is 1.38. The SMILES string of the molecule is COc1ccc2[nH]c3c(=O)n(CCCCC(=O)NCc4ccccc4OC)c(=S)[nH]c3c2c1. The zero-order valence-corrected chi connectivity index (χ0v) is 19.4. The minimum Gasteiger partial charge on any atom is -0.497 e. The number of hydrogen-bond donors (Lipinski definition) is 3. The Kier molecular flexibility index (Phi) is 6.79. The molecule has 1 amide bonds. The van der Waals surface area contributed by atoms with Crippen molar-refractivity contribution in [2.75, 3.05) is 14.2 Å². The van der Waals surface area contributed by atoms with Crippen molar-refractivity contribution in [3.63, 3.8) is 0 Å². The van der Waals surface area contributed by atoms with Crippen molar-refractivity contribution in [3.05, 3.63) is 63.2 Å². The Morgan fingerprint density at radius 2 is 1.88 bits per heavy atom. The first-order valence-electron chi connectivity index (χ1n) is 10.7. The maximum absolute atomic E-state index is 13.0. The molecule has 33 heavy (non-hydrogen) atoms. The third kappa shape index (κ3) is 4.78. The molecule has 0 saturated carbocycles. The molecule has 9 heteroatoms. The molecule has 4 rings (SSSR count). The van der Waals surface area contributed by atoms with Gasteiger partial charge < -0.3 is 24.8 Å². The number of methoxy groups -OCH3 is 2. The number of benzene rings is 2. The van der Waals surface area contributed by atoms with Crippen molar-refractivity contribution in [2.45, 2.75) is 32.4 Å². The van der Waals surface area contributed by atoms with Crippen LogP contribution in [-0.4, -0.2) is 34.7 Å². The summed E-state index contributed by atoms with van der Waals surface area (Å²) in [6.45, 7) is 0.845. The summed E-state index contributed by atoms with van der Waals surface area (Å²) in [6, 6.07) is 13.2. The van der Waals surface area contributed by atoms with Crippen LogP contribution in [0.4, 0.5) is 0 Å². The lowest BCUT2D eigenvalue weighted by Gasteiger charge is -2.10. The van der Waals surface area contributed by atoms with E-state index in [0.717, 1.165) is 22.2 Å². The van der Waals surface area contributed by atoms with Crippen LogP contribution < -0.4 is 20.3 Å². The second kappa shape index (κ2) is 9.91. The van der Waals surface area contributed by atoms with Crippen molar-refractivity contribution in [1.29, 1.82) is 0 Å². The van der Waals surface area contributed by atoms with E-state index in [0.29, 0.717) is 53.9 Å². The van der Waals surface area contributed by atoms with Gasteiger partial charge in [-0.1, -0.05) is 18.2 Å². The van der Waals surface area contributed by atoms with Crippen LogP contribution in [-0.2, 0) is 17.9 Å². The van der Waals surface area contributed by atoms with Gasteiger partial charge in [0.05, 0.1) is 19.7 Å². The Bertz CT molecular complexity index is 1420. The van der Waals surface area contributed by atoms with Gasteiger partial charge in [0.15, 0.2) is 4.77 Å². The van der Waals surface area contributed by atoms with Crippen molar-refractivity contribution >= 4 is 40.1 Å². The predicted molar refractivity (Wildman–Crippen MR) is 130 cm³/mol. The monoisotopic (exact) mass is 466 g/mol. The van der Waals surface area contributed by atoms with E-state index in [1.807, 2.05) is 42.5 Å². The van der Waals surface area contributed by atoms with Gasteiger partial charge in [0.1, 0.15) is 17.0 Å². The third-order valence-corrected chi connectivity index (χ3v) is 5.97. The number of H-pyrrole nitrogens is 2. The van der Waals surface area contributed by atoms with Crippen molar-refractivity contribution < 1.29 is 14.3 Å². The number of nitrogens with zero attached hydrogens (tertiary/aromatic N) is 1. The van der Waals surface area contributed by atoms with E-state index < -0.39 is 0 Å². The largest absolute Gasteiger partial charge is 0.497 e. The number of para-hydroxylation sites is 1. The van der Waals surface area contributed by atoms with Gasteiger partial charge in [-0.25, -0.2) is 0 Å². The number of carbonyl (C=O) groups excluding carboxylic acids is 1. The molecule has 0 aliphatic rings. The number of carbonyl (C=O) groups is 1. The van der Waals surface area contributed by atoms with Crippen LogP contribution in [0.25, 0.3) is 21.9 Å². The van der Waals surface area contributed by atoms with Crippen molar-refractivity contribution in [1.82, 2.24) is 19.9 Å². The number of unbranched alkanes of at least 4 members (excludes halogenated alkanes) is 1. The van der Waals surface area contributed by atoms with E-state index in [9.17, 15) is 9.59 Å². The summed E-state index contributed by atoms with van der Waals surface area (Å²) < 4.78 is 12.5. The lowest BCUT2D eigenvalue weighted by molar-refractivity contribution is -0.121. The molecule has 0 bridgehead atoms. The molecule has 0 radical (unpaired) electrons. The number of rotatable bonds is 9. The molecule has 3 N–H and O–H groups in total. The van der Waals surface area contributed by atoms with Crippen LogP contribution in [0.5, 0.6) is 11.5 Å². The van der Waals surface area contributed by atoms with E-state index in [4.69, 9.17) is 21.7 Å². The van der Waals surface area contributed by atoms with Crippen LogP contribution in [0, 0.1) is 4.77 Å². The Labute approximate surface area is 195 Å². The lowest BCUT2D eigenvalue weighted by atomic mass is 10.2. The Morgan fingerprint density at radius 1 is 1.06 bits per heavy atom.